The summed E-state index contributed by atoms with van der Waals surface area (Å²) in [7, 11) is 0. The number of alkyl carbamates (subject to hydrolysis) is 1. The molecule has 7 heteroatoms. The van der Waals surface area contributed by atoms with Crippen LogP contribution in [0.25, 0.3) is 0 Å². The van der Waals surface area contributed by atoms with Gasteiger partial charge in [0.2, 0.25) is 0 Å². The molecule has 0 fully saturated rings. The molecule has 0 unspecified atom stereocenters. The van der Waals surface area contributed by atoms with Crippen molar-refractivity contribution < 1.29 is 29.0 Å². The van der Waals surface area contributed by atoms with Crippen molar-refractivity contribution in [3.05, 3.63) is 29.8 Å². The predicted octanol–water partition coefficient (Wildman–Crippen LogP) is 2.60. The highest BCUT2D eigenvalue weighted by Crippen LogP contribution is 2.18. The molecule has 126 valence electrons. The van der Waals surface area contributed by atoms with Gasteiger partial charge in [-0.05, 0) is 39.3 Å². The van der Waals surface area contributed by atoms with Gasteiger partial charge in [-0.2, -0.15) is 0 Å². The van der Waals surface area contributed by atoms with Gasteiger partial charge in [0.25, 0.3) is 0 Å². The second-order valence-corrected chi connectivity index (χ2v) is 5.81. The molecule has 2 N–H and O–H groups in total. The summed E-state index contributed by atoms with van der Waals surface area (Å²) in [6.45, 7) is 5.52. The highest BCUT2D eigenvalue weighted by atomic mass is 16.6. The van der Waals surface area contributed by atoms with Gasteiger partial charge in [0.05, 0.1) is 0 Å². The van der Waals surface area contributed by atoms with E-state index in [1.807, 2.05) is 0 Å². The van der Waals surface area contributed by atoms with Crippen molar-refractivity contribution in [1.29, 1.82) is 0 Å². The number of benzene rings is 1. The Morgan fingerprint density at radius 2 is 1.83 bits per heavy atom. The molecule has 1 aromatic carbocycles. The zero-order valence-electron chi connectivity index (χ0n) is 13.4. The summed E-state index contributed by atoms with van der Waals surface area (Å²) in [6, 6.07) is 5.90. The number of aromatic carboxylic acids is 1. The van der Waals surface area contributed by atoms with Crippen molar-refractivity contribution >= 4 is 18.0 Å². The fourth-order valence-electron chi connectivity index (χ4n) is 1.64. The van der Waals surface area contributed by atoms with Gasteiger partial charge in [0.15, 0.2) is 0 Å². The average molecular weight is 323 g/mol. The van der Waals surface area contributed by atoms with E-state index in [9.17, 15) is 14.4 Å². The molecular weight excluding hydrogens is 302 g/mol. The first-order valence-electron chi connectivity index (χ1n) is 7.19. The Morgan fingerprint density at radius 1 is 1.17 bits per heavy atom. The van der Waals surface area contributed by atoms with Crippen LogP contribution in [0.1, 0.15) is 44.0 Å². The van der Waals surface area contributed by atoms with Crippen LogP contribution in [0.5, 0.6) is 5.75 Å². The van der Waals surface area contributed by atoms with Crippen LogP contribution >= 0.6 is 0 Å². The number of hydrogen-bond donors (Lipinski definition) is 2. The maximum absolute atomic E-state index is 11.7. The lowest BCUT2D eigenvalue weighted by molar-refractivity contribution is -0.134. The molecule has 0 aliphatic heterocycles. The number of carboxylic acids is 1. The number of nitrogens with one attached hydrogen (secondary N) is 1. The van der Waals surface area contributed by atoms with Gasteiger partial charge in [0.1, 0.15) is 16.9 Å². The van der Waals surface area contributed by atoms with Crippen LogP contribution in [-0.2, 0) is 9.53 Å². The SMILES string of the molecule is CC(C)(C)OC(=O)NCCCC(=O)Oc1ccccc1C(=O)O. The van der Waals surface area contributed by atoms with E-state index in [0.29, 0.717) is 6.42 Å². The first-order chi connectivity index (χ1) is 10.7. The van der Waals surface area contributed by atoms with Gasteiger partial charge in [-0.1, -0.05) is 12.1 Å². The van der Waals surface area contributed by atoms with Crippen molar-refractivity contribution in [2.45, 2.75) is 39.2 Å². The lowest BCUT2D eigenvalue weighted by atomic mass is 10.2. The zero-order chi connectivity index (χ0) is 17.5. The molecule has 0 saturated carbocycles. The number of carbonyl (C=O) groups excluding carboxylic acids is 2. The van der Waals surface area contributed by atoms with Gasteiger partial charge in [-0.15, -0.1) is 0 Å². The van der Waals surface area contributed by atoms with E-state index < -0.39 is 23.6 Å². The minimum Gasteiger partial charge on any atom is -0.478 e. The third-order valence-electron chi connectivity index (χ3n) is 2.57. The summed E-state index contributed by atoms with van der Waals surface area (Å²) in [4.78, 5) is 34.1. The summed E-state index contributed by atoms with van der Waals surface area (Å²) in [6.07, 6.45) is -0.154. The Bertz CT molecular complexity index is 576. The third kappa shape index (κ3) is 7.30. The molecule has 0 aromatic heterocycles. The van der Waals surface area contributed by atoms with Crippen molar-refractivity contribution in [2.24, 2.45) is 0 Å². The number of hydrogen-bond acceptors (Lipinski definition) is 5. The molecule has 0 atom stereocenters. The van der Waals surface area contributed by atoms with Crippen molar-refractivity contribution in [3.63, 3.8) is 0 Å². The fraction of sp³-hybridized carbons (Fsp3) is 0.438. The normalized spacial score (nSPS) is 10.7. The summed E-state index contributed by atoms with van der Waals surface area (Å²) in [5, 5.41) is 11.5. The Balaban J connectivity index is 2.36. The van der Waals surface area contributed by atoms with E-state index in [1.54, 1.807) is 32.9 Å². The molecule has 0 heterocycles. The number of ether oxygens (including phenoxy) is 2. The van der Waals surface area contributed by atoms with Crippen molar-refractivity contribution in [1.82, 2.24) is 5.32 Å². The average Bonchev–Trinajstić information content (AvgIpc) is 2.42. The minimum atomic E-state index is -1.17. The maximum atomic E-state index is 11.7. The number of esters is 1. The zero-order valence-corrected chi connectivity index (χ0v) is 13.4. The fourth-order valence-corrected chi connectivity index (χ4v) is 1.64. The molecule has 0 aliphatic carbocycles. The van der Waals surface area contributed by atoms with Gasteiger partial charge >= 0.3 is 18.0 Å². The monoisotopic (exact) mass is 323 g/mol. The molecule has 0 aliphatic rings. The quantitative estimate of drug-likeness (QED) is 0.474. The molecule has 1 aromatic rings. The number of rotatable bonds is 6. The lowest BCUT2D eigenvalue weighted by Gasteiger charge is -2.19. The Hall–Kier alpha value is -2.57. The molecule has 0 bridgehead atoms. The standard InChI is InChI=1S/C16H21NO6/c1-16(2,3)23-15(21)17-10-6-9-13(18)22-12-8-5-4-7-11(12)14(19)20/h4-5,7-8H,6,9-10H2,1-3H3,(H,17,21)(H,19,20). The lowest BCUT2D eigenvalue weighted by Crippen LogP contribution is -2.33. The van der Waals surface area contributed by atoms with E-state index >= 15 is 0 Å². The predicted molar refractivity (Wildman–Crippen MR) is 82.5 cm³/mol. The Morgan fingerprint density at radius 3 is 2.43 bits per heavy atom. The van der Waals surface area contributed by atoms with E-state index in [4.69, 9.17) is 14.6 Å². The van der Waals surface area contributed by atoms with E-state index in [2.05, 4.69) is 5.32 Å². The first kappa shape index (κ1) is 18.5. The van der Waals surface area contributed by atoms with Crippen molar-refractivity contribution in [2.75, 3.05) is 6.54 Å². The number of carboxylic acid groups (broad SMARTS) is 1. The number of para-hydroxylation sites is 1. The highest BCUT2D eigenvalue weighted by Gasteiger charge is 2.16. The number of carbonyl (C=O) groups is 3. The molecular formula is C16H21NO6. The molecule has 1 amide bonds. The summed E-state index contributed by atoms with van der Waals surface area (Å²) in [5.74, 6) is -1.73. The second-order valence-electron chi connectivity index (χ2n) is 5.81. The molecule has 0 saturated heterocycles. The summed E-state index contributed by atoms with van der Waals surface area (Å²) >= 11 is 0. The Kier molecular flexibility index (Phi) is 6.56. The summed E-state index contributed by atoms with van der Waals surface area (Å²) < 4.78 is 10.1. The molecule has 7 nitrogen and oxygen atoms in total. The van der Waals surface area contributed by atoms with Crippen LogP contribution in [0, 0.1) is 0 Å². The highest BCUT2D eigenvalue weighted by molar-refractivity contribution is 5.91. The van der Waals surface area contributed by atoms with E-state index in [0.717, 1.165) is 0 Å². The molecule has 0 radical (unpaired) electrons. The van der Waals surface area contributed by atoms with Gasteiger partial charge in [-0.3, -0.25) is 4.79 Å². The van der Waals surface area contributed by atoms with Crippen LogP contribution in [0.15, 0.2) is 24.3 Å². The molecule has 0 spiro atoms. The smallest absolute Gasteiger partial charge is 0.407 e. The van der Waals surface area contributed by atoms with Gasteiger partial charge < -0.3 is 19.9 Å². The van der Waals surface area contributed by atoms with Crippen molar-refractivity contribution in [3.8, 4) is 5.75 Å². The minimum absolute atomic E-state index is 0.00472. The van der Waals surface area contributed by atoms with Crippen LogP contribution in [0.2, 0.25) is 0 Å². The molecule has 23 heavy (non-hydrogen) atoms. The number of amides is 1. The Labute approximate surface area is 134 Å². The second kappa shape index (κ2) is 8.17. The molecule has 1 rings (SSSR count). The van der Waals surface area contributed by atoms with Crippen LogP contribution < -0.4 is 10.1 Å². The van der Waals surface area contributed by atoms with E-state index in [1.165, 1.54) is 12.1 Å². The van der Waals surface area contributed by atoms with Gasteiger partial charge in [-0.25, -0.2) is 9.59 Å². The third-order valence-corrected chi connectivity index (χ3v) is 2.57. The van der Waals surface area contributed by atoms with Gasteiger partial charge in [0, 0.05) is 13.0 Å². The van der Waals surface area contributed by atoms with Crippen LogP contribution in [0.4, 0.5) is 4.79 Å². The van der Waals surface area contributed by atoms with Crippen LogP contribution in [-0.4, -0.2) is 35.3 Å². The first-order valence-corrected chi connectivity index (χ1v) is 7.19. The topological polar surface area (TPSA) is 102 Å². The van der Waals surface area contributed by atoms with Crippen LogP contribution in [0.3, 0.4) is 0 Å². The largest absolute Gasteiger partial charge is 0.478 e. The maximum Gasteiger partial charge on any atom is 0.407 e. The summed E-state index contributed by atoms with van der Waals surface area (Å²) in [5.41, 5.74) is -0.656. The van der Waals surface area contributed by atoms with E-state index in [-0.39, 0.29) is 24.3 Å².